The van der Waals surface area contributed by atoms with E-state index in [1.807, 2.05) is 18.3 Å². The zero-order chi connectivity index (χ0) is 14.9. The minimum Gasteiger partial charge on any atom is -0.344 e. The number of rotatable bonds is 4. The van der Waals surface area contributed by atoms with E-state index in [4.69, 9.17) is 5.73 Å². The van der Waals surface area contributed by atoms with Gasteiger partial charge in [0.15, 0.2) is 0 Å². The van der Waals surface area contributed by atoms with Gasteiger partial charge in [0, 0.05) is 18.8 Å². The second-order valence-corrected chi connectivity index (χ2v) is 6.85. The molecule has 0 radical (unpaired) electrons. The van der Waals surface area contributed by atoms with E-state index in [1.165, 1.54) is 25.7 Å². The van der Waals surface area contributed by atoms with Crippen molar-refractivity contribution in [1.82, 2.24) is 9.88 Å². The van der Waals surface area contributed by atoms with Crippen molar-refractivity contribution in [2.45, 2.75) is 63.5 Å². The van der Waals surface area contributed by atoms with E-state index in [0.29, 0.717) is 18.5 Å². The minimum absolute atomic E-state index is 0.0473. The molecule has 1 aromatic rings. The molecule has 21 heavy (non-hydrogen) atoms. The molecule has 4 heteroatoms. The molecule has 0 aliphatic heterocycles. The van der Waals surface area contributed by atoms with Gasteiger partial charge in [0.05, 0.1) is 5.54 Å². The summed E-state index contributed by atoms with van der Waals surface area (Å²) in [5.74, 6) is 0.499. The van der Waals surface area contributed by atoms with Crippen molar-refractivity contribution in [2.75, 3.05) is 6.54 Å². The fraction of sp³-hybridized carbons (Fsp3) is 0.706. The highest BCUT2D eigenvalue weighted by Gasteiger charge is 2.39. The molecule has 1 aromatic heterocycles. The van der Waals surface area contributed by atoms with Crippen molar-refractivity contribution in [3.05, 3.63) is 24.0 Å². The number of nitrogens with one attached hydrogen (secondary N) is 1. The number of nitrogens with zero attached hydrogens (tertiary/aromatic N) is 1. The summed E-state index contributed by atoms with van der Waals surface area (Å²) in [5, 5.41) is 3.29. The van der Waals surface area contributed by atoms with E-state index in [2.05, 4.69) is 16.8 Å². The van der Waals surface area contributed by atoms with E-state index in [9.17, 15) is 4.79 Å². The number of hydrogen-bond acceptors (Lipinski definition) is 2. The average Bonchev–Trinajstić information content (AvgIpc) is 2.88. The smallest absolute Gasteiger partial charge is 0.268 e. The summed E-state index contributed by atoms with van der Waals surface area (Å²) in [6, 6.07) is 4.43. The highest BCUT2D eigenvalue weighted by Crippen LogP contribution is 2.35. The van der Waals surface area contributed by atoms with Crippen LogP contribution in [0, 0.1) is 5.92 Å². The summed E-state index contributed by atoms with van der Waals surface area (Å²) in [7, 11) is 0. The lowest BCUT2D eigenvalue weighted by Crippen LogP contribution is -2.59. The summed E-state index contributed by atoms with van der Waals surface area (Å²) < 4.78 is 2.15. The summed E-state index contributed by atoms with van der Waals surface area (Å²) in [6.45, 7) is 2.75. The van der Waals surface area contributed by atoms with Crippen molar-refractivity contribution in [1.29, 1.82) is 0 Å². The number of hydrogen-bond donors (Lipinski definition) is 2. The molecule has 2 unspecified atom stereocenters. The highest BCUT2D eigenvalue weighted by atomic mass is 16.2. The summed E-state index contributed by atoms with van der Waals surface area (Å²) in [6.07, 6.45) is 10.2. The third kappa shape index (κ3) is 2.61. The van der Waals surface area contributed by atoms with Crippen LogP contribution >= 0.6 is 0 Å². The highest BCUT2D eigenvalue weighted by molar-refractivity contribution is 5.93. The lowest BCUT2D eigenvalue weighted by molar-refractivity contribution is 0.0798. The van der Waals surface area contributed by atoms with Crippen LogP contribution in [0.4, 0.5) is 0 Å². The molecular weight excluding hydrogens is 262 g/mol. The first-order valence-electron chi connectivity index (χ1n) is 8.36. The third-order valence-corrected chi connectivity index (χ3v) is 5.66. The van der Waals surface area contributed by atoms with Crippen molar-refractivity contribution in [2.24, 2.45) is 11.7 Å². The normalized spacial score (nSPS) is 29.9. The molecule has 2 atom stereocenters. The summed E-state index contributed by atoms with van der Waals surface area (Å²) in [5.41, 5.74) is 6.62. The standard InChI is InChI=1S/C17H27N3O/c1-13-6-2-3-10-17(13,12-18)19-16(21)15-9-5-11-20(15)14-7-4-8-14/h5,9,11,13-14H,2-4,6-8,10,12,18H2,1H3,(H,19,21). The van der Waals surface area contributed by atoms with Gasteiger partial charge < -0.3 is 15.6 Å². The van der Waals surface area contributed by atoms with Gasteiger partial charge in [-0.05, 0) is 50.2 Å². The molecule has 2 fully saturated rings. The molecule has 3 rings (SSSR count). The van der Waals surface area contributed by atoms with Gasteiger partial charge in [0.1, 0.15) is 5.69 Å². The maximum atomic E-state index is 12.8. The second-order valence-electron chi connectivity index (χ2n) is 6.85. The number of nitrogens with two attached hydrogens (primary N) is 1. The first-order chi connectivity index (χ1) is 10.2. The van der Waals surface area contributed by atoms with E-state index in [-0.39, 0.29) is 11.4 Å². The van der Waals surface area contributed by atoms with Gasteiger partial charge in [-0.1, -0.05) is 19.8 Å². The molecule has 2 aliphatic rings. The molecule has 0 bridgehead atoms. The van der Waals surface area contributed by atoms with Crippen LogP contribution in [0.5, 0.6) is 0 Å². The fourth-order valence-corrected chi connectivity index (χ4v) is 3.81. The molecule has 3 N–H and O–H groups in total. The predicted octanol–water partition coefficient (Wildman–Crippen LogP) is 2.85. The van der Waals surface area contributed by atoms with Gasteiger partial charge in [0.25, 0.3) is 5.91 Å². The Morgan fingerprint density at radius 2 is 2.19 bits per heavy atom. The van der Waals surface area contributed by atoms with Crippen molar-refractivity contribution in [3.63, 3.8) is 0 Å². The van der Waals surface area contributed by atoms with E-state index in [1.54, 1.807) is 0 Å². The molecule has 116 valence electrons. The quantitative estimate of drug-likeness (QED) is 0.895. The molecule has 1 heterocycles. The Labute approximate surface area is 127 Å². The van der Waals surface area contributed by atoms with Crippen LogP contribution in [-0.4, -0.2) is 22.6 Å². The zero-order valence-electron chi connectivity index (χ0n) is 13.0. The van der Waals surface area contributed by atoms with Gasteiger partial charge in [-0.15, -0.1) is 0 Å². The first kappa shape index (κ1) is 14.6. The SMILES string of the molecule is CC1CCCCC1(CN)NC(=O)c1cccn1C1CCC1. The molecule has 1 amide bonds. The fourth-order valence-electron chi connectivity index (χ4n) is 3.81. The van der Waals surface area contributed by atoms with Crippen LogP contribution in [-0.2, 0) is 0 Å². The van der Waals surface area contributed by atoms with Gasteiger partial charge in [0.2, 0.25) is 0 Å². The Morgan fingerprint density at radius 1 is 1.38 bits per heavy atom. The van der Waals surface area contributed by atoms with Crippen LogP contribution in [0.3, 0.4) is 0 Å². The van der Waals surface area contributed by atoms with Gasteiger partial charge in [-0.25, -0.2) is 0 Å². The van der Waals surface area contributed by atoms with Crippen LogP contribution in [0.15, 0.2) is 18.3 Å². The van der Waals surface area contributed by atoms with Crippen LogP contribution < -0.4 is 11.1 Å². The number of carbonyl (C=O) groups is 1. The Bertz CT molecular complexity index is 506. The van der Waals surface area contributed by atoms with Crippen molar-refractivity contribution in [3.8, 4) is 0 Å². The Balaban J connectivity index is 1.77. The van der Waals surface area contributed by atoms with Crippen LogP contribution in [0.25, 0.3) is 0 Å². The van der Waals surface area contributed by atoms with Gasteiger partial charge >= 0.3 is 0 Å². The van der Waals surface area contributed by atoms with E-state index >= 15 is 0 Å². The Kier molecular flexibility index (Phi) is 4.07. The number of carbonyl (C=O) groups excluding carboxylic acids is 1. The average molecular weight is 289 g/mol. The molecule has 0 spiro atoms. The van der Waals surface area contributed by atoms with Crippen molar-refractivity contribution >= 4 is 5.91 Å². The lowest BCUT2D eigenvalue weighted by atomic mass is 9.73. The monoisotopic (exact) mass is 289 g/mol. The maximum Gasteiger partial charge on any atom is 0.268 e. The summed E-state index contributed by atoms with van der Waals surface area (Å²) in [4.78, 5) is 12.8. The molecule has 0 saturated heterocycles. The van der Waals surface area contributed by atoms with Gasteiger partial charge in [-0.3, -0.25) is 4.79 Å². The topological polar surface area (TPSA) is 60.0 Å². The second kappa shape index (κ2) is 5.84. The largest absolute Gasteiger partial charge is 0.344 e. The van der Waals surface area contributed by atoms with Crippen LogP contribution in [0.2, 0.25) is 0 Å². The van der Waals surface area contributed by atoms with Crippen molar-refractivity contribution < 1.29 is 4.79 Å². The molecular formula is C17H27N3O. The van der Waals surface area contributed by atoms with E-state index in [0.717, 1.165) is 25.0 Å². The molecule has 0 aromatic carbocycles. The minimum atomic E-state index is -0.218. The lowest BCUT2D eigenvalue weighted by Gasteiger charge is -2.42. The third-order valence-electron chi connectivity index (χ3n) is 5.66. The summed E-state index contributed by atoms with van der Waals surface area (Å²) >= 11 is 0. The van der Waals surface area contributed by atoms with Gasteiger partial charge in [-0.2, -0.15) is 0 Å². The molecule has 4 nitrogen and oxygen atoms in total. The Hall–Kier alpha value is -1.29. The maximum absolute atomic E-state index is 12.8. The van der Waals surface area contributed by atoms with Crippen LogP contribution in [0.1, 0.15) is 68.4 Å². The zero-order valence-corrected chi connectivity index (χ0v) is 13.0. The molecule has 2 aliphatic carbocycles. The first-order valence-corrected chi connectivity index (χ1v) is 8.36. The van der Waals surface area contributed by atoms with E-state index < -0.39 is 0 Å². The Morgan fingerprint density at radius 3 is 2.81 bits per heavy atom. The molecule has 2 saturated carbocycles. The number of amides is 1. The number of aromatic nitrogens is 1. The predicted molar refractivity (Wildman–Crippen MR) is 84.2 cm³/mol.